The van der Waals surface area contributed by atoms with Crippen LogP contribution < -0.4 is 5.32 Å². The average Bonchev–Trinajstić information content (AvgIpc) is 2.38. The summed E-state index contributed by atoms with van der Waals surface area (Å²) in [5.41, 5.74) is 0.830. The van der Waals surface area contributed by atoms with Gasteiger partial charge in [0.2, 0.25) is 0 Å². The Bertz CT molecular complexity index is 440. The first-order valence-corrected chi connectivity index (χ1v) is 7.31. The molecule has 4 nitrogen and oxygen atoms in total. The molecule has 0 unspecified atom stereocenters. The van der Waals surface area contributed by atoms with Crippen molar-refractivity contribution in [1.29, 1.82) is 0 Å². The topological polar surface area (TPSA) is 46.1 Å². The van der Waals surface area contributed by atoms with Gasteiger partial charge in [-0.3, -0.25) is 4.90 Å². The van der Waals surface area contributed by atoms with Gasteiger partial charge in [-0.2, -0.15) is 0 Å². The molecule has 110 valence electrons. The number of hydrogen-bond acceptors (Lipinski definition) is 2. The van der Waals surface area contributed by atoms with E-state index in [1.54, 1.807) is 0 Å². The van der Waals surface area contributed by atoms with Crippen LogP contribution in [0.2, 0.25) is 0 Å². The molecule has 0 spiro atoms. The third-order valence-corrected chi connectivity index (χ3v) is 3.40. The highest BCUT2D eigenvalue weighted by atomic mass is 16.6. The summed E-state index contributed by atoms with van der Waals surface area (Å²) >= 11 is 0. The van der Waals surface area contributed by atoms with E-state index in [0.717, 1.165) is 26.1 Å². The van der Waals surface area contributed by atoms with Crippen LogP contribution in [0.1, 0.15) is 26.3 Å². The summed E-state index contributed by atoms with van der Waals surface area (Å²) in [5, 5.41) is 2.27. The van der Waals surface area contributed by atoms with Crippen molar-refractivity contribution in [1.82, 2.24) is 4.90 Å². The number of rotatable bonds is 2. The van der Waals surface area contributed by atoms with Crippen molar-refractivity contribution in [3.8, 4) is 0 Å². The van der Waals surface area contributed by atoms with Gasteiger partial charge in [0.05, 0.1) is 25.7 Å². The summed E-state index contributed by atoms with van der Waals surface area (Å²) in [6.45, 7) is 8.37. The van der Waals surface area contributed by atoms with Crippen LogP contribution in [-0.4, -0.2) is 42.3 Å². The van der Waals surface area contributed by atoms with Gasteiger partial charge in [-0.1, -0.05) is 30.3 Å². The van der Waals surface area contributed by atoms with Crippen LogP contribution in [0, 0.1) is 0 Å². The predicted octanol–water partition coefficient (Wildman–Crippen LogP) is 1.41. The molecule has 1 fully saturated rings. The van der Waals surface area contributed by atoms with Gasteiger partial charge in [-0.05, 0) is 32.8 Å². The molecule has 1 heterocycles. The molecule has 1 aromatic rings. The van der Waals surface area contributed by atoms with Crippen molar-refractivity contribution in [2.45, 2.75) is 38.8 Å². The molecule has 2 N–H and O–H groups in total. The lowest BCUT2D eigenvalue weighted by Crippen LogP contribution is -2.92. The van der Waals surface area contributed by atoms with Crippen molar-refractivity contribution in [2.24, 2.45) is 0 Å². The molecular formula is C16H25N2O2+. The highest BCUT2D eigenvalue weighted by Crippen LogP contribution is 2.15. The quantitative estimate of drug-likeness (QED) is 0.888. The number of amides is 1. The van der Waals surface area contributed by atoms with E-state index in [4.69, 9.17) is 4.74 Å². The van der Waals surface area contributed by atoms with Crippen molar-refractivity contribution in [3.63, 3.8) is 0 Å². The first kappa shape index (κ1) is 14.9. The summed E-state index contributed by atoms with van der Waals surface area (Å²) < 4.78 is 5.52. The Morgan fingerprint density at radius 1 is 1.35 bits per heavy atom. The second kappa shape index (κ2) is 6.27. The van der Waals surface area contributed by atoms with Crippen LogP contribution >= 0.6 is 0 Å². The van der Waals surface area contributed by atoms with E-state index in [2.05, 4.69) is 17.4 Å². The molecule has 0 aliphatic carbocycles. The lowest BCUT2D eigenvalue weighted by molar-refractivity contribution is -0.667. The normalized spacial score (nSPS) is 19.8. The highest BCUT2D eigenvalue weighted by Gasteiger charge is 2.32. The highest BCUT2D eigenvalue weighted by molar-refractivity contribution is 5.68. The van der Waals surface area contributed by atoms with Crippen LogP contribution in [0.5, 0.6) is 0 Å². The van der Waals surface area contributed by atoms with Gasteiger partial charge in [0, 0.05) is 0 Å². The predicted molar refractivity (Wildman–Crippen MR) is 78.5 cm³/mol. The lowest BCUT2D eigenvalue weighted by Gasteiger charge is -2.35. The van der Waals surface area contributed by atoms with Gasteiger partial charge >= 0.3 is 6.09 Å². The molecular weight excluding hydrogens is 252 g/mol. The van der Waals surface area contributed by atoms with Crippen molar-refractivity contribution in [3.05, 3.63) is 35.9 Å². The molecule has 2 rings (SSSR count). The Morgan fingerprint density at radius 2 is 2.05 bits per heavy atom. The summed E-state index contributed by atoms with van der Waals surface area (Å²) in [6, 6.07) is 10.5. The van der Waals surface area contributed by atoms with Crippen LogP contribution in [0.3, 0.4) is 0 Å². The smallest absolute Gasteiger partial charge is 0.410 e. The summed E-state index contributed by atoms with van der Waals surface area (Å²) in [4.78, 5) is 14.2. The van der Waals surface area contributed by atoms with E-state index in [1.165, 1.54) is 5.56 Å². The Morgan fingerprint density at radius 3 is 2.70 bits per heavy atom. The zero-order valence-corrected chi connectivity index (χ0v) is 12.6. The Labute approximate surface area is 121 Å². The molecule has 1 aliphatic rings. The summed E-state index contributed by atoms with van der Waals surface area (Å²) in [5.74, 6) is 0. The molecule has 4 heteroatoms. The monoisotopic (exact) mass is 277 g/mol. The van der Waals surface area contributed by atoms with E-state index in [0.29, 0.717) is 0 Å². The maximum atomic E-state index is 12.3. The molecule has 0 radical (unpaired) electrons. The van der Waals surface area contributed by atoms with Crippen molar-refractivity contribution < 1.29 is 14.8 Å². The minimum atomic E-state index is -0.435. The standard InChI is InChI=1S/C16H24N2O2/c1-16(2,3)20-15(19)18-10-9-17-12-14(18)11-13-7-5-4-6-8-13/h4-8,14,17H,9-12H2,1-3H3/p+1/t14-/m0/s1. The van der Waals surface area contributed by atoms with Crippen molar-refractivity contribution in [2.75, 3.05) is 19.6 Å². The van der Waals surface area contributed by atoms with E-state index < -0.39 is 5.60 Å². The summed E-state index contributed by atoms with van der Waals surface area (Å²) in [6.07, 6.45) is 0.697. The second-order valence-corrected chi connectivity index (χ2v) is 6.33. The molecule has 1 aliphatic heterocycles. The van der Waals surface area contributed by atoms with Gasteiger partial charge in [-0.25, -0.2) is 4.79 Å². The number of piperazine rings is 1. The van der Waals surface area contributed by atoms with E-state index in [9.17, 15) is 4.79 Å². The molecule has 1 aromatic carbocycles. The van der Waals surface area contributed by atoms with Crippen LogP contribution in [0.4, 0.5) is 4.79 Å². The fourth-order valence-corrected chi connectivity index (χ4v) is 2.49. The number of ether oxygens (including phenoxy) is 1. The maximum absolute atomic E-state index is 12.3. The Hall–Kier alpha value is -1.55. The largest absolute Gasteiger partial charge is 0.444 e. The fraction of sp³-hybridized carbons (Fsp3) is 0.562. The Balaban J connectivity index is 2.03. The van der Waals surface area contributed by atoms with Crippen LogP contribution in [0.25, 0.3) is 0 Å². The third kappa shape index (κ3) is 4.23. The van der Waals surface area contributed by atoms with Crippen LogP contribution in [0.15, 0.2) is 30.3 Å². The molecule has 1 amide bonds. The average molecular weight is 277 g/mol. The molecule has 1 atom stereocenters. The number of benzene rings is 1. The number of quaternary nitrogens is 1. The second-order valence-electron chi connectivity index (χ2n) is 6.33. The maximum Gasteiger partial charge on any atom is 0.410 e. The minimum absolute atomic E-state index is 0.188. The van der Waals surface area contributed by atoms with Gasteiger partial charge in [0.1, 0.15) is 5.60 Å². The minimum Gasteiger partial charge on any atom is -0.444 e. The van der Waals surface area contributed by atoms with Gasteiger partial charge < -0.3 is 10.1 Å². The van der Waals surface area contributed by atoms with Gasteiger partial charge in [0.25, 0.3) is 0 Å². The lowest BCUT2D eigenvalue weighted by atomic mass is 10.0. The molecule has 20 heavy (non-hydrogen) atoms. The summed E-state index contributed by atoms with van der Waals surface area (Å²) in [7, 11) is 0. The molecule has 0 saturated carbocycles. The zero-order chi connectivity index (χ0) is 14.6. The fourth-order valence-electron chi connectivity index (χ4n) is 2.49. The van der Waals surface area contributed by atoms with E-state index >= 15 is 0 Å². The molecule has 0 aromatic heterocycles. The number of nitrogens with zero attached hydrogens (tertiary/aromatic N) is 1. The molecule has 0 bridgehead atoms. The number of hydrogen-bond donors (Lipinski definition) is 1. The Kier molecular flexibility index (Phi) is 4.65. The van der Waals surface area contributed by atoms with Crippen LogP contribution in [-0.2, 0) is 11.2 Å². The van der Waals surface area contributed by atoms with Gasteiger partial charge in [-0.15, -0.1) is 0 Å². The number of nitrogens with two attached hydrogens (primary N) is 1. The number of carbonyl (C=O) groups excluding carboxylic acids is 1. The van der Waals surface area contributed by atoms with Gasteiger partial charge in [0.15, 0.2) is 0 Å². The SMILES string of the molecule is CC(C)(C)OC(=O)N1CC[NH2+]C[C@@H]1Cc1ccccc1. The number of carbonyl (C=O) groups is 1. The molecule has 1 saturated heterocycles. The van der Waals surface area contributed by atoms with E-state index in [1.807, 2.05) is 43.9 Å². The first-order valence-electron chi connectivity index (χ1n) is 7.31. The third-order valence-electron chi connectivity index (χ3n) is 3.40. The first-order chi connectivity index (χ1) is 9.46. The zero-order valence-electron chi connectivity index (χ0n) is 12.6. The van der Waals surface area contributed by atoms with E-state index in [-0.39, 0.29) is 12.1 Å². The van der Waals surface area contributed by atoms with Crippen molar-refractivity contribution >= 4 is 6.09 Å².